The first-order valence-corrected chi connectivity index (χ1v) is 5.46. The van der Waals surface area contributed by atoms with Gasteiger partial charge < -0.3 is 14.6 Å². The predicted octanol–water partition coefficient (Wildman–Crippen LogP) is 2.39. The zero-order chi connectivity index (χ0) is 11.9. The minimum absolute atomic E-state index is 0.122. The first-order valence-electron chi connectivity index (χ1n) is 5.46. The fourth-order valence-electron chi connectivity index (χ4n) is 1.22. The van der Waals surface area contributed by atoms with Crippen LogP contribution in [0.4, 0.5) is 0 Å². The van der Waals surface area contributed by atoms with Gasteiger partial charge in [0.05, 0.1) is 19.3 Å². The van der Waals surface area contributed by atoms with E-state index in [9.17, 15) is 0 Å². The van der Waals surface area contributed by atoms with Crippen molar-refractivity contribution in [2.24, 2.45) is 0 Å². The fraction of sp³-hybridized carbons (Fsp3) is 0.833. The van der Waals surface area contributed by atoms with E-state index < -0.39 is 0 Å². The molecule has 3 nitrogen and oxygen atoms in total. The number of allylic oxidation sites excluding steroid dienone is 1. The van der Waals surface area contributed by atoms with Crippen LogP contribution < -0.4 is 0 Å². The van der Waals surface area contributed by atoms with Gasteiger partial charge in [-0.15, -0.1) is 6.58 Å². The Kier molecular flexibility index (Phi) is 18.2. The SMILES string of the molecule is C=CC.COC1CCCC1.COCCO. The highest BCUT2D eigenvalue weighted by atomic mass is 16.5. The summed E-state index contributed by atoms with van der Waals surface area (Å²) in [5.74, 6) is 0. The Morgan fingerprint density at radius 1 is 1.33 bits per heavy atom. The molecule has 1 saturated carbocycles. The molecule has 1 fully saturated rings. The van der Waals surface area contributed by atoms with Gasteiger partial charge in [0.15, 0.2) is 0 Å². The van der Waals surface area contributed by atoms with Crippen LogP contribution >= 0.6 is 0 Å². The Labute approximate surface area is 94.1 Å². The van der Waals surface area contributed by atoms with Crippen molar-refractivity contribution in [3.63, 3.8) is 0 Å². The fourth-order valence-corrected chi connectivity index (χ4v) is 1.22. The standard InChI is InChI=1S/C6H12O.C3H8O2.C3H6/c1-7-6-4-2-3-5-6;1-5-3-2-4;1-3-2/h6H,2-5H2,1H3;4H,2-3H2,1H3;3H,1H2,2H3. The van der Waals surface area contributed by atoms with E-state index in [2.05, 4.69) is 11.3 Å². The maximum absolute atomic E-state index is 7.94. The van der Waals surface area contributed by atoms with Gasteiger partial charge in [0.25, 0.3) is 0 Å². The van der Waals surface area contributed by atoms with Crippen molar-refractivity contribution < 1.29 is 14.6 Å². The molecule has 0 saturated heterocycles. The summed E-state index contributed by atoms with van der Waals surface area (Å²) in [6.07, 6.45) is 7.67. The second-order valence-electron chi connectivity index (χ2n) is 3.27. The molecule has 0 amide bonds. The van der Waals surface area contributed by atoms with Gasteiger partial charge in [-0.1, -0.05) is 18.9 Å². The lowest BCUT2D eigenvalue weighted by Gasteiger charge is -2.02. The summed E-state index contributed by atoms with van der Waals surface area (Å²) in [6, 6.07) is 0. The highest BCUT2D eigenvalue weighted by molar-refractivity contribution is 4.65. The molecule has 0 unspecified atom stereocenters. The van der Waals surface area contributed by atoms with Crippen LogP contribution in [0.5, 0.6) is 0 Å². The van der Waals surface area contributed by atoms with Crippen LogP contribution in [0, 0.1) is 0 Å². The molecule has 0 bridgehead atoms. The van der Waals surface area contributed by atoms with E-state index in [1.165, 1.54) is 25.7 Å². The van der Waals surface area contributed by atoms with Gasteiger partial charge in [-0.05, 0) is 19.8 Å². The van der Waals surface area contributed by atoms with Crippen LogP contribution in [0.2, 0.25) is 0 Å². The number of hydrogen-bond acceptors (Lipinski definition) is 3. The van der Waals surface area contributed by atoms with E-state index in [0.29, 0.717) is 12.7 Å². The average Bonchev–Trinajstić information content (AvgIpc) is 2.73. The minimum atomic E-state index is 0.122. The summed E-state index contributed by atoms with van der Waals surface area (Å²) >= 11 is 0. The lowest BCUT2D eigenvalue weighted by molar-refractivity contribution is 0.109. The molecular formula is C12H26O3. The van der Waals surface area contributed by atoms with Crippen LogP contribution in [0.15, 0.2) is 12.7 Å². The Hall–Kier alpha value is -0.380. The number of ether oxygens (including phenoxy) is 2. The molecule has 1 aliphatic carbocycles. The van der Waals surface area contributed by atoms with Gasteiger partial charge in [0.1, 0.15) is 0 Å². The molecule has 0 heterocycles. The molecule has 15 heavy (non-hydrogen) atoms. The lowest BCUT2D eigenvalue weighted by atomic mass is 10.3. The monoisotopic (exact) mass is 218 g/mol. The second-order valence-corrected chi connectivity index (χ2v) is 3.27. The largest absolute Gasteiger partial charge is 0.394 e. The average molecular weight is 218 g/mol. The zero-order valence-corrected chi connectivity index (χ0v) is 10.4. The third kappa shape index (κ3) is 16.3. The van der Waals surface area contributed by atoms with Gasteiger partial charge in [-0.25, -0.2) is 0 Å². The second kappa shape index (κ2) is 16.1. The number of rotatable bonds is 3. The van der Waals surface area contributed by atoms with Crippen molar-refractivity contribution in [3.05, 3.63) is 12.7 Å². The van der Waals surface area contributed by atoms with Gasteiger partial charge in [-0.3, -0.25) is 0 Å². The van der Waals surface area contributed by atoms with E-state index in [1.54, 1.807) is 20.3 Å². The van der Waals surface area contributed by atoms with Crippen LogP contribution in [-0.2, 0) is 9.47 Å². The molecule has 0 aromatic carbocycles. The predicted molar refractivity (Wildman–Crippen MR) is 64.1 cm³/mol. The van der Waals surface area contributed by atoms with Gasteiger partial charge in [0.2, 0.25) is 0 Å². The molecule has 3 heteroatoms. The third-order valence-electron chi connectivity index (χ3n) is 1.93. The molecule has 92 valence electrons. The molecule has 0 radical (unpaired) electrons. The lowest BCUT2D eigenvalue weighted by Crippen LogP contribution is -2.01. The van der Waals surface area contributed by atoms with E-state index in [0.717, 1.165) is 0 Å². The summed E-state index contributed by atoms with van der Waals surface area (Å²) < 4.78 is 9.55. The molecule has 1 rings (SSSR count). The van der Waals surface area contributed by atoms with Crippen LogP contribution in [-0.4, -0.2) is 38.6 Å². The van der Waals surface area contributed by atoms with Crippen LogP contribution in [0.25, 0.3) is 0 Å². The van der Waals surface area contributed by atoms with Gasteiger partial charge >= 0.3 is 0 Å². The van der Waals surface area contributed by atoms with Gasteiger partial charge in [0, 0.05) is 14.2 Å². The quantitative estimate of drug-likeness (QED) is 0.739. The topological polar surface area (TPSA) is 38.7 Å². The summed E-state index contributed by atoms with van der Waals surface area (Å²) in [7, 11) is 3.35. The summed E-state index contributed by atoms with van der Waals surface area (Å²) in [6.45, 7) is 5.82. The van der Waals surface area contributed by atoms with Crippen LogP contribution in [0.1, 0.15) is 32.6 Å². The molecule has 0 aliphatic heterocycles. The molecule has 1 aliphatic rings. The summed E-state index contributed by atoms with van der Waals surface area (Å²) in [4.78, 5) is 0. The molecule has 0 aromatic heterocycles. The number of methoxy groups -OCH3 is 2. The van der Waals surface area contributed by atoms with Crippen molar-refractivity contribution >= 4 is 0 Å². The van der Waals surface area contributed by atoms with E-state index in [4.69, 9.17) is 9.84 Å². The minimum Gasteiger partial charge on any atom is -0.394 e. The molecule has 0 spiro atoms. The van der Waals surface area contributed by atoms with Crippen LogP contribution in [0.3, 0.4) is 0 Å². The maximum Gasteiger partial charge on any atom is 0.0693 e. The Bertz CT molecular complexity index is 107. The first kappa shape index (κ1) is 17.0. The molecule has 0 aromatic rings. The number of hydrogen-bond donors (Lipinski definition) is 1. The van der Waals surface area contributed by atoms with Crippen molar-refractivity contribution in [3.8, 4) is 0 Å². The zero-order valence-electron chi connectivity index (χ0n) is 10.4. The van der Waals surface area contributed by atoms with E-state index in [1.807, 2.05) is 6.92 Å². The first-order chi connectivity index (χ1) is 7.26. The van der Waals surface area contributed by atoms with Gasteiger partial charge in [-0.2, -0.15) is 0 Å². The summed E-state index contributed by atoms with van der Waals surface area (Å²) in [5, 5.41) is 7.94. The Balaban J connectivity index is 0. The molecule has 1 N–H and O–H groups in total. The number of aliphatic hydroxyl groups is 1. The van der Waals surface area contributed by atoms with Crippen molar-refractivity contribution in [1.29, 1.82) is 0 Å². The molecular weight excluding hydrogens is 192 g/mol. The van der Waals surface area contributed by atoms with E-state index >= 15 is 0 Å². The Morgan fingerprint density at radius 2 is 1.80 bits per heavy atom. The van der Waals surface area contributed by atoms with E-state index in [-0.39, 0.29) is 6.61 Å². The smallest absolute Gasteiger partial charge is 0.0693 e. The third-order valence-corrected chi connectivity index (χ3v) is 1.93. The Morgan fingerprint density at radius 3 is 1.93 bits per heavy atom. The highest BCUT2D eigenvalue weighted by Crippen LogP contribution is 2.19. The van der Waals surface area contributed by atoms with Crippen molar-refractivity contribution in [1.82, 2.24) is 0 Å². The highest BCUT2D eigenvalue weighted by Gasteiger charge is 2.12. The normalized spacial score (nSPS) is 14.7. The molecule has 0 atom stereocenters. The maximum atomic E-state index is 7.94. The van der Waals surface area contributed by atoms with Crippen molar-refractivity contribution in [2.75, 3.05) is 27.4 Å². The number of aliphatic hydroxyl groups excluding tert-OH is 1. The summed E-state index contributed by atoms with van der Waals surface area (Å²) in [5.41, 5.74) is 0. The van der Waals surface area contributed by atoms with Crippen molar-refractivity contribution in [2.45, 2.75) is 38.7 Å².